The monoisotopic (exact) mass is 319 g/mol. The molecule has 0 amide bonds. The molecular formula is C18H19Cl2N. The topological polar surface area (TPSA) is 12.0 Å². The van der Waals surface area contributed by atoms with Crippen molar-refractivity contribution >= 4 is 23.2 Å². The number of hydrogen-bond donors (Lipinski definition) is 1. The number of benzene rings is 2. The second-order valence-electron chi connectivity index (χ2n) is 5.73. The summed E-state index contributed by atoms with van der Waals surface area (Å²) in [6.45, 7) is 3.09. The van der Waals surface area contributed by atoms with E-state index in [1.165, 1.54) is 29.5 Å². The standard InChI is InChI=1S/C18H19Cl2N/c1-12-2-3-13-5-7-18(16(13)10-12)21-9-8-14-4-6-15(19)11-17(14)20/h2-4,6,10-11,18,21H,5,7-9H2,1H3. The molecule has 2 aromatic rings. The van der Waals surface area contributed by atoms with Crippen molar-refractivity contribution in [3.63, 3.8) is 0 Å². The molecule has 0 bridgehead atoms. The van der Waals surface area contributed by atoms with E-state index < -0.39 is 0 Å². The van der Waals surface area contributed by atoms with Crippen LogP contribution in [0.25, 0.3) is 0 Å². The molecule has 0 saturated heterocycles. The molecule has 0 heterocycles. The van der Waals surface area contributed by atoms with Crippen LogP contribution in [0.3, 0.4) is 0 Å². The molecule has 1 aliphatic carbocycles. The second kappa shape index (κ2) is 6.39. The first kappa shape index (κ1) is 14.9. The highest BCUT2D eigenvalue weighted by molar-refractivity contribution is 6.35. The quantitative estimate of drug-likeness (QED) is 0.824. The van der Waals surface area contributed by atoms with Crippen molar-refractivity contribution in [3.05, 3.63) is 68.7 Å². The van der Waals surface area contributed by atoms with E-state index in [9.17, 15) is 0 Å². The summed E-state index contributed by atoms with van der Waals surface area (Å²) >= 11 is 12.1. The van der Waals surface area contributed by atoms with Gasteiger partial charge in [-0.2, -0.15) is 0 Å². The van der Waals surface area contributed by atoms with E-state index in [4.69, 9.17) is 23.2 Å². The van der Waals surface area contributed by atoms with Gasteiger partial charge in [0, 0.05) is 16.1 Å². The van der Waals surface area contributed by atoms with Crippen molar-refractivity contribution in [2.45, 2.75) is 32.2 Å². The average molecular weight is 320 g/mol. The number of aryl methyl sites for hydroxylation is 2. The average Bonchev–Trinajstić information content (AvgIpc) is 2.84. The van der Waals surface area contributed by atoms with Crippen LogP contribution in [0.2, 0.25) is 10.0 Å². The zero-order valence-electron chi connectivity index (χ0n) is 12.1. The van der Waals surface area contributed by atoms with Crippen LogP contribution in [0.1, 0.15) is 34.7 Å². The highest BCUT2D eigenvalue weighted by atomic mass is 35.5. The van der Waals surface area contributed by atoms with Gasteiger partial charge in [-0.25, -0.2) is 0 Å². The van der Waals surface area contributed by atoms with Crippen molar-refractivity contribution in [2.75, 3.05) is 6.54 Å². The summed E-state index contributed by atoms with van der Waals surface area (Å²) in [4.78, 5) is 0. The van der Waals surface area contributed by atoms with Gasteiger partial charge in [0.2, 0.25) is 0 Å². The van der Waals surface area contributed by atoms with Gasteiger partial charge in [-0.1, -0.05) is 53.0 Å². The van der Waals surface area contributed by atoms with Crippen molar-refractivity contribution in [1.29, 1.82) is 0 Å². The first-order valence-electron chi connectivity index (χ1n) is 7.40. The zero-order valence-corrected chi connectivity index (χ0v) is 13.6. The fourth-order valence-electron chi connectivity index (χ4n) is 3.04. The molecule has 3 heteroatoms. The Hall–Kier alpha value is -1.02. The SMILES string of the molecule is Cc1ccc2c(c1)C(NCCc1ccc(Cl)cc1Cl)CC2. The van der Waals surface area contributed by atoms with Gasteiger partial charge in [0.15, 0.2) is 0 Å². The van der Waals surface area contributed by atoms with Gasteiger partial charge in [-0.15, -0.1) is 0 Å². The third kappa shape index (κ3) is 3.42. The Balaban J connectivity index is 1.61. The van der Waals surface area contributed by atoms with E-state index in [1.807, 2.05) is 18.2 Å². The molecule has 1 N–H and O–H groups in total. The highest BCUT2D eigenvalue weighted by Gasteiger charge is 2.21. The smallest absolute Gasteiger partial charge is 0.0453 e. The third-order valence-corrected chi connectivity index (χ3v) is 4.77. The van der Waals surface area contributed by atoms with E-state index in [0.717, 1.165) is 23.6 Å². The van der Waals surface area contributed by atoms with Gasteiger partial charge in [0.25, 0.3) is 0 Å². The normalized spacial score (nSPS) is 17.0. The van der Waals surface area contributed by atoms with E-state index in [-0.39, 0.29) is 0 Å². The number of nitrogens with one attached hydrogen (secondary N) is 1. The molecule has 0 aliphatic heterocycles. The fraction of sp³-hybridized carbons (Fsp3) is 0.333. The zero-order chi connectivity index (χ0) is 14.8. The predicted octanol–water partition coefficient (Wildman–Crippen LogP) is 5.12. The Kier molecular flexibility index (Phi) is 4.54. The van der Waals surface area contributed by atoms with Gasteiger partial charge < -0.3 is 5.32 Å². The molecule has 1 aliphatic rings. The summed E-state index contributed by atoms with van der Waals surface area (Å²) in [5.74, 6) is 0. The van der Waals surface area contributed by atoms with Crippen LogP contribution in [-0.4, -0.2) is 6.54 Å². The molecule has 3 rings (SSSR count). The lowest BCUT2D eigenvalue weighted by Crippen LogP contribution is -2.22. The maximum absolute atomic E-state index is 6.21. The van der Waals surface area contributed by atoms with Crippen molar-refractivity contribution < 1.29 is 0 Å². The Morgan fingerprint density at radius 2 is 2.00 bits per heavy atom. The van der Waals surface area contributed by atoms with Crippen molar-refractivity contribution in [3.8, 4) is 0 Å². The van der Waals surface area contributed by atoms with E-state index >= 15 is 0 Å². The van der Waals surface area contributed by atoms with Gasteiger partial charge in [0.1, 0.15) is 0 Å². The minimum Gasteiger partial charge on any atom is -0.310 e. The summed E-state index contributed by atoms with van der Waals surface area (Å²) in [5.41, 5.74) is 5.44. The minimum absolute atomic E-state index is 0.478. The summed E-state index contributed by atoms with van der Waals surface area (Å²) in [6, 6.07) is 13.0. The molecular weight excluding hydrogens is 301 g/mol. The predicted molar refractivity (Wildman–Crippen MR) is 90.4 cm³/mol. The Labute approximate surface area is 136 Å². The van der Waals surface area contributed by atoms with Crippen LogP contribution in [0.5, 0.6) is 0 Å². The molecule has 110 valence electrons. The lowest BCUT2D eigenvalue weighted by atomic mass is 10.0. The Bertz CT molecular complexity index is 652. The fourth-order valence-corrected chi connectivity index (χ4v) is 3.54. The molecule has 21 heavy (non-hydrogen) atoms. The van der Waals surface area contributed by atoms with Crippen molar-refractivity contribution in [1.82, 2.24) is 5.32 Å². The molecule has 0 aromatic heterocycles. The van der Waals surface area contributed by atoms with Crippen LogP contribution >= 0.6 is 23.2 Å². The Morgan fingerprint density at radius 1 is 1.14 bits per heavy atom. The van der Waals surface area contributed by atoms with Gasteiger partial charge >= 0.3 is 0 Å². The largest absolute Gasteiger partial charge is 0.310 e. The third-order valence-electron chi connectivity index (χ3n) is 4.18. The summed E-state index contributed by atoms with van der Waals surface area (Å²) in [6.07, 6.45) is 3.29. The maximum atomic E-state index is 6.21. The van der Waals surface area contributed by atoms with E-state index in [1.54, 1.807) is 0 Å². The molecule has 0 saturated carbocycles. The number of hydrogen-bond acceptors (Lipinski definition) is 1. The summed E-state index contributed by atoms with van der Waals surface area (Å²) in [7, 11) is 0. The van der Waals surface area contributed by atoms with Crippen LogP contribution in [-0.2, 0) is 12.8 Å². The molecule has 0 radical (unpaired) electrons. The number of rotatable bonds is 4. The molecule has 0 fully saturated rings. The minimum atomic E-state index is 0.478. The molecule has 1 atom stereocenters. The summed E-state index contributed by atoms with van der Waals surface area (Å²) in [5, 5.41) is 5.11. The molecule has 1 nitrogen and oxygen atoms in total. The first-order valence-corrected chi connectivity index (χ1v) is 8.16. The van der Waals surface area contributed by atoms with Crippen molar-refractivity contribution in [2.24, 2.45) is 0 Å². The first-order chi connectivity index (χ1) is 10.1. The highest BCUT2D eigenvalue weighted by Crippen LogP contribution is 2.31. The number of halogens is 2. The molecule has 2 aromatic carbocycles. The summed E-state index contributed by atoms with van der Waals surface area (Å²) < 4.78 is 0. The van der Waals surface area contributed by atoms with Gasteiger partial charge in [0.05, 0.1) is 0 Å². The lowest BCUT2D eigenvalue weighted by Gasteiger charge is -2.15. The van der Waals surface area contributed by atoms with Crippen LogP contribution in [0, 0.1) is 6.92 Å². The van der Waals surface area contributed by atoms with E-state index in [0.29, 0.717) is 11.1 Å². The second-order valence-corrected chi connectivity index (χ2v) is 6.58. The molecule has 1 unspecified atom stereocenters. The maximum Gasteiger partial charge on any atom is 0.0453 e. The lowest BCUT2D eigenvalue weighted by molar-refractivity contribution is 0.533. The van der Waals surface area contributed by atoms with Crippen LogP contribution in [0.15, 0.2) is 36.4 Å². The van der Waals surface area contributed by atoms with Gasteiger partial charge in [-0.3, -0.25) is 0 Å². The van der Waals surface area contributed by atoms with Crippen LogP contribution < -0.4 is 5.32 Å². The molecule has 0 spiro atoms. The Morgan fingerprint density at radius 3 is 2.81 bits per heavy atom. The number of fused-ring (bicyclic) bond motifs is 1. The van der Waals surface area contributed by atoms with Gasteiger partial charge in [-0.05, 0) is 61.6 Å². The van der Waals surface area contributed by atoms with E-state index in [2.05, 4.69) is 30.4 Å². The van der Waals surface area contributed by atoms with Crippen LogP contribution in [0.4, 0.5) is 0 Å².